The number of Topliss-reactive ketones (excluding diaryl/α,β-unsaturated/α-hetero) is 1. The topological polar surface area (TPSA) is 58.6 Å². The van der Waals surface area contributed by atoms with E-state index in [4.69, 9.17) is 4.74 Å². The van der Waals surface area contributed by atoms with Crippen molar-refractivity contribution in [1.82, 2.24) is 10.2 Å². The highest BCUT2D eigenvalue weighted by molar-refractivity contribution is 5.89. The van der Waals surface area contributed by atoms with Gasteiger partial charge in [-0.15, -0.1) is 0 Å². The predicted molar refractivity (Wildman–Crippen MR) is 115 cm³/mol. The largest absolute Gasteiger partial charge is 0.492 e. The van der Waals surface area contributed by atoms with E-state index in [9.17, 15) is 9.59 Å². The highest BCUT2D eigenvalue weighted by Gasteiger charge is 2.29. The van der Waals surface area contributed by atoms with Gasteiger partial charge in [-0.05, 0) is 44.2 Å². The molecule has 0 fully saturated rings. The second-order valence-electron chi connectivity index (χ2n) is 7.61. The van der Waals surface area contributed by atoms with Gasteiger partial charge in [-0.1, -0.05) is 51.8 Å². The lowest BCUT2D eigenvalue weighted by Gasteiger charge is -2.31. The zero-order chi connectivity index (χ0) is 21.1. The number of hydrogen-bond acceptors (Lipinski definition) is 4. The van der Waals surface area contributed by atoms with Crippen LogP contribution in [0.1, 0.15) is 59.4 Å². The number of para-hydroxylation sites is 1. The second kappa shape index (κ2) is 12.6. The summed E-state index contributed by atoms with van der Waals surface area (Å²) in [6.07, 6.45) is 4.19. The van der Waals surface area contributed by atoms with E-state index in [1.807, 2.05) is 18.2 Å². The number of carbonyl (C=O) groups excluding carboxylic acids is 2. The molecule has 5 heteroatoms. The number of unbranched alkanes of at least 4 members (excludes halogenated alkanes) is 1. The van der Waals surface area contributed by atoms with Crippen molar-refractivity contribution in [3.63, 3.8) is 0 Å². The van der Waals surface area contributed by atoms with Crippen molar-refractivity contribution in [2.75, 3.05) is 20.2 Å². The molecule has 1 N–H and O–H groups in total. The van der Waals surface area contributed by atoms with Crippen molar-refractivity contribution in [2.24, 2.45) is 5.92 Å². The Labute approximate surface area is 170 Å². The van der Waals surface area contributed by atoms with Crippen molar-refractivity contribution in [3.8, 4) is 5.75 Å². The zero-order valence-electron chi connectivity index (χ0n) is 18.5. The Kier molecular flexibility index (Phi) is 10.8. The molecule has 0 heterocycles. The standard InChI is InChI=1S/C23H38N2O3/c1-7-9-12-20-13-10-11-14-21(20)28-16-15-24-22(17(3)8-2)23(27)25(6)18(4)19(5)26/h10-11,13-14,17-18,22,24H,7-9,12,15-16H2,1-6H3/t17?,18-,22+/m1/s1. The normalized spacial score (nSPS) is 14.2. The van der Waals surface area contributed by atoms with Gasteiger partial charge in [0.2, 0.25) is 5.91 Å². The summed E-state index contributed by atoms with van der Waals surface area (Å²) >= 11 is 0. The van der Waals surface area contributed by atoms with Crippen LogP contribution in [-0.4, -0.2) is 48.9 Å². The van der Waals surface area contributed by atoms with Crippen LogP contribution >= 0.6 is 0 Å². The van der Waals surface area contributed by atoms with Crippen LogP contribution in [0, 0.1) is 5.92 Å². The fourth-order valence-corrected chi connectivity index (χ4v) is 3.04. The Hall–Kier alpha value is -1.88. The molecular weight excluding hydrogens is 352 g/mol. The van der Waals surface area contributed by atoms with Crippen LogP contribution in [0.15, 0.2) is 24.3 Å². The van der Waals surface area contributed by atoms with Crippen LogP contribution in [0.3, 0.4) is 0 Å². The summed E-state index contributed by atoms with van der Waals surface area (Å²) in [6, 6.07) is 7.41. The maximum Gasteiger partial charge on any atom is 0.240 e. The van der Waals surface area contributed by atoms with Gasteiger partial charge in [-0.25, -0.2) is 0 Å². The van der Waals surface area contributed by atoms with E-state index in [0.29, 0.717) is 13.2 Å². The molecular formula is C23H38N2O3. The SMILES string of the molecule is CCCCc1ccccc1OCCN[C@H](C(=O)N(C)[C@H](C)C(C)=O)C(C)CC. The lowest BCUT2D eigenvalue weighted by molar-refractivity contribution is -0.139. The number of ether oxygens (including phenoxy) is 1. The average molecular weight is 391 g/mol. The maximum absolute atomic E-state index is 12.9. The number of amides is 1. The average Bonchev–Trinajstić information content (AvgIpc) is 2.70. The van der Waals surface area contributed by atoms with Gasteiger partial charge >= 0.3 is 0 Å². The number of carbonyl (C=O) groups is 2. The molecule has 0 saturated heterocycles. The highest BCUT2D eigenvalue weighted by atomic mass is 16.5. The summed E-state index contributed by atoms with van der Waals surface area (Å²) in [5.41, 5.74) is 1.23. The molecule has 1 amide bonds. The maximum atomic E-state index is 12.9. The Balaban J connectivity index is 2.65. The number of likely N-dealkylation sites (N-methyl/N-ethyl adjacent to an activating group) is 1. The van der Waals surface area contributed by atoms with E-state index in [1.54, 1.807) is 18.9 Å². The van der Waals surface area contributed by atoms with Gasteiger partial charge in [-0.2, -0.15) is 0 Å². The van der Waals surface area contributed by atoms with Crippen LogP contribution in [0.2, 0.25) is 0 Å². The number of aryl methyl sites for hydroxylation is 1. The molecule has 1 aromatic rings. The van der Waals surface area contributed by atoms with E-state index in [0.717, 1.165) is 31.4 Å². The summed E-state index contributed by atoms with van der Waals surface area (Å²) in [5, 5.41) is 3.35. The van der Waals surface area contributed by atoms with E-state index in [2.05, 4.69) is 32.2 Å². The number of ketones is 1. The monoisotopic (exact) mass is 390 g/mol. The van der Waals surface area contributed by atoms with Crippen LogP contribution in [-0.2, 0) is 16.0 Å². The van der Waals surface area contributed by atoms with Crippen molar-refractivity contribution in [1.29, 1.82) is 0 Å². The first-order valence-electron chi connectivity index (χ1n) is 10.5. The van der Waals surface area contributed by atoms with Gasteiger partial charge < -0.3 is 15.0 Å². The van der Waals surface area contributed by atoms with Crippen LogP contribution in [0.4, 0.5) is 0 Å². The third kappa shape index (κ3) is 7.27. The number of nitrogens with zero attached hydrogens (tertiary/aromatic N) is 1. The minimum absolute atomic E-state index is 0.00855. The Morgan fingerprint density at radius 3 is 2.46 bits per heavy atom. The van der Waals surface area contributed by atoms with Crippen LogP contribution in [0.25, 0.3) is 0 Å². The van der Waals surface area contributed by atoms with Gasteiger partial charge in [0.1, 0.15) is 12.4 Å². The molecule has 0 spiro atoms. The molecule has 1 unspecified atom stereocenters. The summed E-state index contributed by atoms with van der Waals surface area (Å²) < 4.78 is 5.98. The molecule has 5 nitrogen and oxygen atoms in total. The molecule has 3 atom stereocenters. The smallest absolute Gasteiger partial charge is 0.240 e. The first kappa shape index (κ1) is 24.2. The Bertz CT molecular complexity index is 618. The lowest BCUT2D eigenvalue weighted by Crippen LogP contribution is -2.52. The number of hydrogen-bond donors (Lipinski definition) is 1. The number of rotatable bonds is 13. The first-order valence-corrected chi connectivity index (χ1v) is 10.5. The van der Waals surface area contributed by atoms with Crippen molar-refractivity contribution in [3.05, 3.63) is 29.8 Å². The van der Waals surface area contributed by atoms with E-state index in [1.165, 1.54) is 12.5 Å². The van der Waals surface area contributed by atoms with Crippen LogP contribution in [0.5, 0.6) is 5.75 Å². The minimum atomic E-state index is -0.414. The summed E-state index contributed by atoms with van der Waals surface area (Å²) in [4.78, 5) is 26.1. The van der Waals surface area contributed by atoms with Crippen molar-refractivity contribution >= 4 is 11.7 Å². The van der Waals surface area contributed by atoms with Crippen molar-refractivity contribution in [2.45, 2.75) is 72.4 Å². The molecule has 0 aliphatic rings. The molecule has 0 bridgehead atoms. The summed E-state index contributed by atoms with van der Waals surface area (Å²) in [7, 11) is 1.70. The Morgan fingerprint density at radius 1 is 1.18 bits per heavy atom. The molecule has 0 saturated carbocycles. The second-order valence-corrected chi connectivity index (χ2v) is 7.61. The van der Waals surface area contributed by atoms with Gasteiger partial charge in [0.25, 0.3) is 0 Å². The van der Waals surface area contributed by atoms with E-state index in [-0.39, 0.29) is 23.7 Å². The molecule has 28 heavy (non-hydrogen) atoms. The third-order valence-corrected chi connectivity index (χ3v) is 5.49. The number of nitrogens with one attached hydrogen (secondary N) is 1. The fraction of sp³-hybridized carbons (Fsp3) is 0.652. The molecule has 0 aliphatic heterocycles. The minimum Gasteiger partial charge on any atom is -0.492 e. The molecule has 0 aromatic heterocycles. The molecule has 0 radical (unpaired) electrons. The first-order chi connectivity index (χ1) is 13.3. The molecule has 1 aromatic carbocycles. The van der Waals surface area contributed by atoms with Gasteiger partial charge in [0.15, 0.2) is 5.78 Å². The molecule has 158 valence electrons. The molecule has 0 aliphatic carbocycles. The zero-order valence-corrected chi connectivity index (χ0v) is 18.5. The van der Waals surface area contributed by atoms with E-state index >= 15 is 0 Å². The quantitative estimate of drug-likeness (QED) is 0.520. The lowest BCUT2D eigenvalue weighted by atomic mass is 9.97. The van der Waals surface area contributed by atoms with Crippen molar-refractivity contribution < 1.29 is 14.3 Å². The number of benzene rings is 1. The van der Waals surface area contributed by atoms with Gasteiger partial charge in [0, 0.05) is 13.6 Å². The van der Waals surface area contributed by atoms with E-state index < -0.39 is 6.04 Å². The van der Waals surface area contributed by atoms with Crippen LogP contribution < -0.4 is 10.1 Å². The predicted octanol–water partition coefficient (Wildman–Crippen LogP) is 3.85. The Morgan fingerprint density at radius 2 is 1.86 bits per heavy atom. The van der Waals surface area contributed by atoms with Gasteiger partial charge in [0.05, 0.1) is 12.1 Å². The summed E-state index contributed by atoms with van der Waals surface area (Å²) in [6.45, 7) is 10.7. The molecule has 1 rings (SSSR count). The van der Waals surface area contributed by atoms with Gasteiger partial charge in [-0.3, -0.25) is 9.59 Å². The third-order valence-electron chi connectivity index (χ3n) is 5.49. The summed E-state index contributed by atoms with van der Waals surface area (Å²) in [5.74, 6) is 1.05. The fourth-order valence-electron chi connectivity index (χ4n) is 3.04. The highest BCUT2D eigenvalue weighted by Crippen LogP contribution is 2.20.